The molecule has 1 fully saturated rings. The van der Waals surface area contributed by atoms with Crippen molar-refractivity contribution >= 4 is 42.4 Å². The summed E-state index contributed by atoms with van der Waals surface area (Å²) in [6, 6.07) is 12.4. The number of rotatable bonds is 8. The molecule has 1 unspecified atom stereocenters. The maximum absolute atomic E-state index is 13.1. The van der Waals surface area contributed by atoms with Gasteiger partial charge in [-0.1, -0.05) is 23.5 Å². The minimum atomic E-state index is -3.58. The minimum Gasteiger partial charge on any atom is -0.376 e. The predicted octanol–water partition coefficient (Wildman–Crippen LogP) is 4.20. The second-order valence-corrected chi connectivity index (χ2v) is 10.6. The normalized spacial score (nSPS) is 16.6. The van der Waals surface area contributed by atoms with Crippen molar-refractivity contribution in [3.8, 4) is 0 Å². The van der Waals surface area contributed by atoms with Crippen LogP contribution in [0.4, 0.5) is 9.52 Å². The smallest absolute Gasteiger partial charge is 0.228 e. The van der Waals surface area contributed by atoms with Crippen molar-refractivity contribution < 1.29 is 22.3 Å². The highest BCUT2D eigenvalue weighted by molar-refractivity contribution is 7.91. The van der Waals surface area contributed by atoms with Crippen molar-refractivity contribution in [2.45, 2.75) is 36.7 Å². The molecule has 9 heteroatoms. The molecule has 4 rings (SSSR count). The highest BCUT2D eigenvalue weighted by Crippen LogP contribution is 2.30. The minimum absolute atomic E-state index is 0.0427. The van der Waals surface area contributed by atoms with Gasteiger partial charge in [-0.25, -0.2) is 17.8 Å². The van der Waals surface area contributed by atoms with Crippen LogP contribution in [0.25, 0.3) is 10.2 Å². The van der Waals surface area contributed by atoms with Crippen molar-refractivity contribution in [2.75, 3.05) is 23.8 Å². The fourth-order valence-electron chi connectivity index (χ4n) is 3.56. The summed E-state index contributed by atoms with van der Waals surface area (Å²) in [5, 5.41) is 0.600. The summed E-state index contributed by atoms with van der Waals surface area (Å²) < 4.78 is 44.7. The van der Waals surface area contributed by atoms with E-state index in [1.165, 1.54) is 23.5 Å². The summed E-state index contributed by atoms with van der Waals surface area (Å²) in [7, 11) is -3.58. The Balaban J connectivity index is 1.45. The van der Waals surface area contributed by atoms with Gasteiger partial charge in [0.05, 0.1) is 33.5 Å². The number of fused-ring (bicyclic) bond motifs is 1. The summed E-state index contributed by atoms with van der Waals surface area (Å²) in [6.45, 7) is 1.09. The van der Waals surface area contributed by atoms with Gasteiger partial charge in [-0.3, -0.25) is 9.69 Å². The molecular formula is C22H23FN2O4S2. The standard InChI is InChI=1S/C22H23FN2O4S2/c23-16-9-11-18(12-10-16)31(27,28)14-4-8-21(26)25(15-17-5-3-13-29-17)22-24-19-6-1-2-7-20(19)30-22/h1-2,6-7,9-12,17H,3-5,8,13-15H2. The van der Waals surface area contributed by atoms with Crippen molar-refractivity contribution in [3.63, 3.8) is 0 Å². The van der Waals surface area contributed by atoms with Crippen LogP contribution in [0.15, 0.2) is 53.4 Å². The molecule has 1 aliphatic heterocycles. The molecule has 0 spiro atoms. The van der Waals surface area contributed by atoms with E-state index in [-0.39, 0.29) is 35.5 Å². The lowest BCUT2D eigenvalue weighted by molar-refractivity contribution is -0.119. The average Bonchev–Trinajstić information content (AvgIpc) is 3.41. The number of carbonyl (C=O) groups excluding carboxylic acids is 1. The Labute approximate surface area is 184 Å². The first-order chi connectivity index (χ1) is 14.9. The molecule has 1 atom stereocenters. The number of nitrogens with zero attached hydrogens (tertiary/aromatic N) is 2. The van der Waals surface area contributed by atoms with Gasteiger partial charge >= 0.3 is 0 Å². The van der Waals surface area contributed by atoms with Gasteiger partial charge in [0.2, 0.25) is 5.91 Å². The fraction of sp³-hybridized carbons (Fsp3) is 0.364. The van der Waals surface area contributed by atoms with E-state index in [0.717, 1.165) is 35.2 Å². The van der Waals surface area contributed by atoms with Crippen LogP contribution in [0.5, 0.6) is 0 Å². The first-order valence-corrected chi connectivity index (χ1v) is 12.7. The zero-order valence-corrected chi connectivity index (χ0v) is 18.5. The Hall–Kier alpha value is -2.36. The molecule has 0 saturated carbocycles. The highest BCUT2D eigenvalue weighted by atomic mass is 32.2. The third-order valence-corrected chi connectivity index (χ3v) is 8.08. The quantitative estimate of drug-likeness (QED) is 0.469. The molecule has 1 aliphatic rings. The second-order valence-electron chi connectivity index (χ2n) is 7.48. The maximum Gasteiger partial charge on any atom is 0.228 e. The number of benzene rings is 2. The van der Waals surface area contributed by atoms with E-state index in [1.54, 1.807) is 4.90 Å². The van der Waals surface area contributed by atoms with Gasteiger partial charge in [0.1, 0.15) is 5.82 Å². The van der Waals surface area contributed by atoms with Crippen LogP contribution in [0, 0.1) is 5.82 Å². The van der Waals surface area contributed by atoms with E-state index >= 15 is 0 Å². The zero-order chi connectivity index (χ0) is 21.8. The summed E-state index contributed by atoms with van der Waals surface area (Å²) in [6.07, 6.45) is 2.05. The van der Waals surface area contributed by atoms with Crippen LogP contribution in [0.2, 0.25) is 0 Å². The number of hydrogen-bond acceptors (Lipinski definition) is 6. The van der Waals surface area contributed by atoms with Gasteiger partial charge in [-0.2, -0.15) is 0 Å². The number of carbonyl (C=O) groups is 1. The Bertz CT molecular complexity index is 1120. The zero-order valence-electron chi connectivity index (χ0n) is 16.9. The summed E-state index contributed by atoms with van der Waals surface area (Å²) >= 11 is 1.44. The van der Waals surface area contributed by atoms with Crippen LogP contribution in [0.1, 0.15) is 25.7 Å². The van der Waals surface area contributed by atoms with E-state index in [1.807, 2.05) is 24.3 Å². The molecule has 1 amide bonds. The number of para-hydroxylation sites is 1. The van der Waals surface area contributed by atoms with Gasteiger partial charge in [0, 0.05) is 13.0 Å². The number of halogens is 1. The number of ether oxygens (including phenoxy) is 1. The number of anilines is 1. The first kappa shape index (κ1) is 21.9. The van der Waals surface area contributed by atoms with E-state index in [4.69, 9.17) is 4.74 Å². The van der Waals surface area contributed by atoms with Crippen LogP contribution in [0.3, 0.4) is 0 Å². The van der Waals surface area contributed by atoms with Gasteiger partial charge in [0.25, 0.3) is 0 Å². The molecule has 164 valence electrons. The lowest BCUT2D eigenvalue weighted by atomic mass is 10.2. The maximum atomic E-state index is 13.1. The Morgan fingerprint density at radius 3 is 2.68 bits per heavy atom. The van der Waals surface area contributed by atoms with Crippen LogP contribution >= 0.6 is 11.3 Å². The summed E-state index contributed by atoms with van der Waals surface area (Å²) in [5.41, 5.74) is 0.825. The predicted molar refractivity (Wildman–Crippen MR) is 119 cm³/mol. The van der Waals surface area contributed by atoms with Gasteiger partial charge < -0.3 is 4.74 Å². The molecular weight excluding hydrogens is 439 g/mol. The largest absolute Gasteiger partial charge is 0.376 e. The molecule has 0 radical (unpaired) electrons. The van der Waals surface area contributed by atoms with Crippen molar-refractivity contribution in [2.24, 2.45) is 0 Å². The third kappa shape index (κ3) is 5.28. The van der Waals surface area contributed by atoms with Crippen LogP contribution in [-0.2, 0) is 19.4 Å². The lowest BCUT2D eigenvalue weighted by Gasteiger charge is -2.23. The van der Waals surface area contributed by atoms with Crippen LogP contribution in [-0.4, -0.2) is 44.3 Å². The van der Waals surface area contributed by atoms with Gasteiger partial charge in [-0.05, 0) is 55.7 Å². The molecule has 3 aromatic rings. The first-order valence-electron chi connectivity index (χ1n) is 10.2. The fourth-order valence-corrected chi connectivity index (χ4v) is 5.87. The number of aromatic nitrogens is 1. The molecule has 1 saturated heterocycles. The van der Waals surface area contributed by atoms with Gasteiger partial charge in [-0.15, -0.1) is 0 Å². The molecule has 2 aromatic carbocycles. The third-order valence-electron chi connectivity index (χ3n) is 5.20. The van der Waals surface area contributed by atoms with Gasteiger partial charge in [0.15, 0.2) is 15.0 Å². The van der Waals surface area contributed by atoms with Crippen molar-refractivity contribution in [1.82, 2.24) is 4.98 Å². The molecule has 1 aromatic heterocycles. The van der Waals surface area contributed by atoms with Crippen molar-refractivity contribution in [1.29, 1.82) is 0 Å². The molecule has 0 aliphatic carbocycles. The number of amides is 1. The second kappa shape index (κ2) is 9.42. The monoisotopic (exact) mass is 462 g/mol. The molecule has 0 bridgehead atoms. The summed E-state index contributed by atoms with van der Waals surface area (Å²) in [4.78, 5) is 19.4. The van der Waals surface area contributed by atoms with Crippen LogP contribution < -0.4 is 4.90 Å². The molecule has 31 heavy (non-hydrogen) atoms. The van der Waals surface area contributed by atoms with Crippen molar-refractivity contribution in [3.05, 3.63) is 54.3 Å². The number of sulfone groups is 1. The number of hydrogen-bond donors (Lipinski definition) is 0. The average molecular weight is 463 g/mol. The van der Waals surface area contributed by atoms with E-state index in [2.05, 4.69) is 4.98 Å². The van der Waals surface area contributed by atoms with E-state index in [9.17, 15) is 17.6 Å². The molecule has 2 heterocycles. The SMILES string of the molecule is O=C(CCCS(=O)(=O)c1ccc(F)cc1)N(CC1CCCO1)c1nc2ccccc2s1. The number of thiazole rings is 1. The Kier molecular flexibility index (Phi) is 6.64. The Morgan fingerprint density at radius 2 is 1.97 bits per heavy atom. The Morgan fingerprint density at radius 1 is 1.19 bits per heavy atom. The van der Waals surface area contributed by atoms with E-state index < -0.39 is 15.7 Å². The summed E-state index contributed by atoms with van der Waals surface area (Å²) in [5.74, 6) is -0.851. The molecule has 6 nitrogen and oxygen atoms in total. The highest BCUT2D eigenvalue weighted by Gasteiger charge is 2.26. The topological polar surface area (TPSA) is 76.6 Å². The van der Waals surface area contributed by atoms with E-state index in [0.29, 0.717) is 18.3 Å². The molecule has 0 N–H and O–H groups in total. The lowest BCUT2D eigenvalue weighted by Crippen LogP contribution is -2.37.